The highest BCUT2D eigenvalue weighted by atomic mass is 16.2. The first kappa shape index (κ1) is 9.52. The lowest BCUT2D eigenvalue weighted by Gasteiger charge is -2.30. The van der Waals surface area contributed by atoms with Crippen molar-refractivity contribution in [3.05, 3.63) is 0 Å². The van der Waals surface area contributed by atoms with Gasteiger partial charge in [-0.25, -0.2) is 0 Å². The first-order chi connectivity index (χ1) is 5.63. The number of carbonyl (C=O) groups excluding carboxylic acids is 1. The second-order valence-corrected chi connectivity index (χ2v) is 3.78. The molecule has 0 aromatic heterocycles. The Balaban J connectivity index is 2.53. The van der Waals surface area contributed by atoms with Crippen LogP contribution in [0.15, 0.2) is 0 Å². The molecular formula is C9H18N2O. The first-order valence-corrected chi connectivity index (χ1v) is 4.57. The molecule has 3 heteroatoms. The molecule has 12 heavy (non-hydrogen) atoms. The van der Waals surface area contributed by atoms with Crippen LogP contribution in [0.1, 0.15) is 19.8 Å². The lowest BCUT2D eigenvalue weighted by Crippen LogP contribution is -2.50. The average Bonchev–Trinajstić information content (AvgIpc) is 2.04. The van der Waals surface area contributed by atoms with Gasteiger partial charge in [-0.2, -0.15) is 0 Å². The SMILES string of the molecule is CC1CCCNC1C(=O)N(C)C. The maximum atomic E-state index is 11.6. The Morgan fingerprint density at radius 2 is 2.17 bits per heavy atom. The quantitative estimate of drug-likeness (QED) is 0.620. The normalized spacial score (nSPS) is 29.9. The molecule has 0 spiro atoms. The molecule has 2 unspecified atom stereocenters. The van der Waals surface area contributed by atoms with Gasteiger partial charge in [0.1, 0.15) is 0 Å². The minimum Gasteiger partial charge on any atom is -0.347 e. The van der Waals surface area contributed by atoms with E-state index in [4.69, 9.17) is 0 Å². The van der Waals surface area contributed by atoms with Crippen molar-refractivity contribution in [2.45, 2.75) is 25.8 Å². The molecule has 2 atom stereocenters. The van der Waals surface area contributed by atoms with Gasteiger partial charge in [0.2, 0.25) is 5.91 Å². The Morgan fingerprint density at radius 3 is 2.67 bits per heavy atom. The molecule has 1 N–H and O–H groups in total. The molecule has 1 rings (SSSR count). The van der Waals surface area contributed by atoms with Gasteiger partial charge >= 0.3 is 0 Å². The van der Waals surface area contributed by atoms with Gasteiger partial charge in [0, 0.05) is 14.1 Å². The molecule has 3 nitrogen and oxygen atoms in total. The summed E-state index contributed by atoms with van der Waals surface area (Å²) < 4.78 is 0. The first-order valence-electron chi connectivity index (χ1n) is 4.57. The number of rotatable bonds is 1. The van der Waals surface area contributed by atoms with Gasteiger partial charge in [0.25, 0.3) is 0 Å². The molecule has 1 heterocycles. The molecule has 1 aliphatic rings. The number of nitrogens with one attached hydrogen (secondary N) is 1. The van der Waals surface area contributed by atoms with Crippen LogP contribution < -0.4 is 5.32 Å². The van der Waals surface area contributed by atoms with Gasteiger partial charge in [-0.05, 0) is 25.3 Å². The molecule has 0 saturated carbocycles. The zero-order valence-corrected chi connectivity index (χ0v) is 8.13. The number of hydrogen-bond donors (Lipinski definition) is 1. The Labute approximate surface area is 74.1 Å². The van der Waals surface area contributed by atoms with E-state index in [0.29, 0.717) is 5.92 Å². The molecule has 70 valence electrons. The summed E-state index contributed by atoms with van der Waals surface area (Å²) in [7, 11) is 3.62. The fraction of sp³-hybridized carbons (Fsp3) is 0.889. The second-order valence-electron chi connectivity index (χ2n) is 3.78. The number of nitrogens with zero attached hydrogens (tertiary/aromatic N) is 1. The molecule has 1 fully saturated rings. The number of hydrogen-bond acceptors (Lipinski definition) is 2. The summed E-state index contributed by atoms with van der Waals surface area (Å²) in [5.41, 5.74) is 0. The molecule has 1 saturated heterocycles. The van der Waals surface area contributed by atoms with Crippen LogP contribution in [-0.2, 0) is 4.79 Å². The van der Waals surface area contributed by atoms with Crippen LogP contribution in [0.5, 0.6) is 0 Å². The smallest absolute Gasteiger partial charge is 0.239 e. The van der Waals surface area contributed by atoms with E-state index in [1.54, 1.807) is 4.90 Å². The molecule has 0 aromatic carbocycles. The number of carbonyl (C=O) groups is 1. The van der Waals surface area contributed by atoms with Gasteiger partial charge in [-0.1, -0.05) is 6.92 Å². The highest BCUT2D eigenvalue weighted by Crippen LogP contribution is 2.16. The number of amides is 1. The summed E-state index contributed by atoms with van der Waals surface area (Å²) in [5.74, 6) is 0.691. The van der Waals surface area contributed by atoms with E-state index in [2.05, 4.69) is 12.2 Å². The summed E-state index contributed by atoms with van der Waals surface area (Å²) in [6, 6.07) is 0.0498. The predicted molar refractivity (Wildman–Crippen MR) is 48.9 cm³/mol. The van der Waals surface area contributed by atoms with Crippen molar-refractivity contribution in [1.82, 2.24) is 10.2 Å². The van der Waals surface area contributed by atoms with Crippen LogP contribution in [0, 0.1) is 5.92 Å². The van der Waals surface area contributed by atoms with Crippen LogP contribution >= 0.6 is 0 Å². The van der Waals surface area contributed by atoms with Crippen molar-refractivity contribution in [1.29, 1.82) is 0 Å². The van der Waals surface area contributed by atoms with Gasteiger partial charge in [0.05, 0.1) is 6.04 Å². The van der Waals surface area contributed by atoms with Crippen LogP contribution in [0.2, 0.25) is 0 Å². The molecule has 0 aromatic rings. The summed E-state index contributed by atoms with van der Waals surface area (Å²) in [5, 5.41) is 3.26. The van der Waals surface area contributed by atoms with Crippen LogP contribution in [0.3, 0.4) is 0 Å². The van der Waals surface area contributed by atoms with E-state index in [0.717, 1.165) is 13.0 Å². The Bertz CT molecular complexity index is 168. The fourth-order valence-corrected chi connectivity index (χ4v) is 1.66. The van der Waals surface area contributed by atoms with Crippen molar-refractivity contribution < 1.29 is 4.79 Å². The van der Waals surface area contributed by atoms with Crippen molar-refractivity contribution in [2.24, 2.45) is 5.92 Å². The van der Waals surface area contributed by atoms with E-state index in [-0.39, 0.29) is 11.9 Å². The monoisotopic (exact) mass is 170 g/mol. The van der Waals surface area contributed by atoms with Gasteiger partial charge in [-0.3, -0.25) is 4.79 Å². The zero-order chi connectivity index (χ0) is 9.14. The van der Waals surface area contributed by atoms with E-state index < -0.39 is 0 Å². The lowest BCUT2D eigenvalue weighted by molar-refractivity contribution is -0.132. The topological polar surface area (TPSA) is 32.3 Å². The zero-order valence-electron chi connectivity index (χ0n) is 8.13. The van der Waals surface area contributed by atoms with Crippen LogP contribution in [0.25, 0.3) is 0 Å². The van der Waals surface area contributed by atoms with E-state index in [1.165, 1.54) is 6.42 Å². The lowest BCUT2D eigenvalue weighted by atomic mass is 9.92. The Hall–Kier alpha value is -0.570. The van der Waals surface area contributed by atoms with Gasteiger partial charge in [0.15, 0.2) is 0 Å². The highest BCUT2D eigenvalue weighted by molar-refractivity contribution is 5.81. The van der Waals surface area contributed by atoms with Crippen molar-refractivity contribution in [3.63, 3.8) is 0 Å². The Morgan fingerprint density at radius 1 is 1.50 bits per heavy atom. The summed E-state index contributed by atoms with van der Waals surface area (Å²) in [6.07, 6.45) is 2.36. The molecular weight excluding hydrogens is 152 g/mol. The van der Waals surface area contributed by atoms with Crippen molar-refractivity contribution >= 4 is 5.91 Å². The maximum Gasteiger partial charge on any atom is 0.239 e. The minimum absolute atomic E-state index is 0.0498. The number of likely N-dealkylation sites (N-methyl/N-ethyl adjacent to an activating group) is 1. The van der Waals surface area contributed by atoms with Crippen LogP contribution in [0.4, 0.5) is 0 Å². The van der Waals surface area contributed by atoms with Crippen molar-refractivity contribution in [3.8, 4) is 0 Å². The van der Waals surface area contributed by atoms with Gasteiger partial charge in [-0.15, -0.1) is 0 Å². The minimum atomic E-state index is 0.0498. The molecule has 0 aliphatic carbocycles. The standard InChI is InChI=1S/C9H18N2O/c1-7-5-4-6-10-8(7)9(12)11(2)3/h7-8,10H,4-6H2,1-3H3. The molecule has 1 amide bonds. The van der Waals surface area contributed by atoms with Gasteiger partial charge < -0.3 is 10.2 Å². The maximum absolute atomic E-state index is 11.6. The molecule has 0 radical (unpaired) electrons. The summed E-state index contributed by atoms with van der Waals surface area (Å²) in [6.45, 7) is 3.12. The fourth-order valence-electron chi connectivity index (χ4n) is 1.66. The second kappa shape index (κ2) is 3.90. The molecule has 0 bridgehead atoms. The van der Waals surface area contributed by atoms with E-state index >= 15 is 0 Å². The van der Waals surface area contributed by atoms with E-state index in [1.807, 2.05) is 14.1 Å². The average molecular weight is 170 g/mol. The van der Waals surface area contributed by atoms with Crippen molar-refractivity contribution in [2.75, 3.05) is 20.6 Å². The molecule has 1 aliphatic heterocycles. The largest absolute Gasteiger partial charge is 0.347 e. The third-order valence-electron chi connectivity index (χ3n) is 2.48. The third kappa shape index (κ3) is 1.97. The predicted octanol–water partition coefficient (Wildman–Crippen LogP) is 0.463. The van der Waals surface area contributed by atoms with E-state index in [9.17, 15) is 4.79 Å². The number of piperidine rings is 1. The van der Waals surface area contributed by atoms with Crippen LogP contribution in [-0.4, -0.2) is 37.5 Å². The summed E-state index contributed by atoms with van der Waals surface area (Å²) >= 11 is 0. The Kier molecular flexibility index (Phi) is 3.09. The third-order valence-corrected chi connectivity index (χ3v) is 2.48. The summed E-state index contributed by atoms with van der Waals surface area (Å²) in [4.78, 5) is 13.2. The highest BCUT2D eigenvalue weighted by Gasteiger charge is 2.27.